The normalized spacial score (nSPS) is 18.5. The third-order valence-electron chi connectivity index (χ3n) is 4.05. The molecule has 0 saturated carbocycles. The van der Waals surface area contributed by atoms with Crippen LogP contribution >= 0.6 is 0 Å². The average Bonchev–Trinajstić information content (AvgIpc) is 2.48. The van der Waals surface area contributed by atoms with E-state index in [4.69, 9.17) is 4.74 Å². The van der Waals surface area contributed by atoms with E-state index in [1.54, 1.807) is 7.11 Å². The fourth-order valence-corrected chi connectivity index (χ4v) is 2.65. The molecule has 1 fully saturated rings. The lowest BCUT2D eigenvalue weighted by molar-refractivity contribution is -0.144. The lowest BCUT2D eigenvalue weighted by atomic mass is 9.87. The van der Waals surface area contributed by atoms with Crippen molar-refractivity contribution in [1.82, 2.24) is 4.90 Å². The van der Waals surface area contributed by atoms with E-state index >= 15 is 0 Å². The lowest BCUT2D eigenvalue weighted by Gasteiger charge is -2.39. The van der Waals surface area contributed by atoms with Crippen LogP contribution in [0.4, 0.5) is 5.69 Å². The topological polar surface area (TPSA) is 61.8 Å². The summed E-state index contributed by atoms with van der Waals surface area (Å²) in [4.78, 5) is 14.0. The Morgan fingerprint density at radius 1 is 1.40 bits per heavy atom. The number of para-hydroxylation sites is 2. The van der Waals surface area contributed by atoms with Gasteiger partial charge in [0.1, 0.15) is 11.3 Å². The quantitative estimate of drug-likeness (QED) is 0.863. The molecule has 0 bridgehead atoms. The van der Waals surface area contributed by atoms with Crippen LogP contribution in [0.5, 0.6) is 5.75 Å². The summed E-state index contributed by atoms with van der Waals surface area (Å²) < 4.78 is 5.29. The Morgan fingerprint density at radius 3 is 2.60 bits per heavy atom. The van der Waals surface area contributed by atoms with E-state index in [-0.39, 0.29) is 0 Å². The SMILES string of the molecule is CCN1CCC(Nc2ccccc2OC)(C(=O)O)CC1. The smallest absolute Gasteiger partial charge is 0.329 e. The Kier molecular flexibility index (Phi) is 4.49. The van der Waals surface area contributed by atoms with Crippen LogP contribution in [0.1, 0.15) is 19.8 Å². The molecule has 2 N–H and O–H groups in total. The summed E-state index contributed by atoms with van der Waals surface area (Å²) in [5.74, 6) is -0.120. The van der Waals surface area contributed by atoms with Gasteiger partial charge in [0.05, 0.1) is 12.8 Å². The van der Waals surface area contributed by atoms with Gasteiger partial charge >= 0.3 is 5.97 Å². The molecule has 0 amide bonds. The Morgan fingerprint density at radius 2 is 2.05 bits per heavy atom. The zero-order chi connectivity index (χ0) is 14.6. The zero-order valence-corrected chi connectivity index (χ0v) is 12.1. The molecule has 0 unspecified atom stereocenters. The third kappa shape index (κ3) is 2.88. The summed E-state index contributed by atoms with van der Waals surface area (Å²) in [6.07, 6.45) is 1.18. The Bertz CT molecular complexity index is 468. The summed E-state index contributed by atoms with van der Waals surface area (Å²) in [5, 5.41) is 12.9. The standard InChI is InChI=1S/C15H22N2O3/c1-3-17-10-8-15(9-11-17,14(18)19)16-12-6-4-5-7-13(12)20-2/h4-7,16H,3,8-11H2,1-2H3,(H,18,19). The summed E-state index contributed by atoms with van der Waals surface area (Å²) >= 11 is 0. The van der Waals surface area contributed by atoms with Gasteiger partial charge in [0, 0.05) is 13.1 Å². The number of rotatable bonds is 5. The number of methoxy groups -OCH3 is 1. The van der Waals surface area contributed by atoms with Gasteiger partial charge in [-0.25, -0.2) is 4.79 Å². The van der Waals surface area contributed by atoms with Gasteiger partial charge in [-0.2, -0.15) is 0 Å². The van der Waals surface area contributed by atoms with Gasteiger partial charge < -0.3 is 20.1 Å². The highest BCUT2D eigenvalue weighted by Crippen LogP contribution is 2.32. The molecule has 0 atom stereocenters. The number of carboxylic acid groups (broad SMARTS) is 1. The van der Waals surface area contributed by atoms with Crippen molar-refractivity contribution in [2.75, 3.05) is 32.1 Å². The van der Waals surface area contributed by atoms with Crippen LogP contribution in [0.25, 0.3) is 0 Å². The molecule has 0 aliphatic carbocycles. The van der Waals surface area contributed by atoms with E-state index in [9.17, 15) is 9.90 Å². The molecule has 0 aromatic heterocycles. The van der Waals surface area contributed by atoms with Gasteiger partial charge in [-0.05, 0) is 31.5 Å². The molecule has 5 heteroatoms. The van der Waals surface area contributed by atoms with Gasteiger partial charge in [0.15, 0.2) is 0 Å². The van der Waals surface area contributed by atoms with Gasteiger partial charge in [-0.1, -0.05) is 19.1 Å². The molecule has 1 aromatic carbocycles. The summed E-state index contributed by atoms with van der Waals surface area (Å²) in [5.41, 5.74) is -0.164. The fourth-order valence-electron chi connectivity index (χ4n) is 2.65. The van der Waals surface area contributed by atoms with Crippen molar-refractivity contribution in [3.63, 3.8) is 0 Å². The van der Waals surface area contributed by atoms with Crippen LogP contribution in [0, 0.1) is 0 Å². The van der Waals surface area contributed by atoms with E-state index in [0.29, 0.717) is 18.6 Å². The van der Waals surface area contributed by atoms with Crippen LogP contribution in [0.2, 0.25) is 0 Å². The van der Waals surface area contributed by atoms with E-state index < -0.39 is 11.5 Å². The summed E-state index contributed by atoms with van der Waals surface area (Å²) in [6, 6.07) is 7.44. The lowest BCUT2D eigenvalue weighted by Crippen LogP contribution is -2.54. The first kappa shape index (κ1) is 14.7. The minimum atomic E-state index is -0.902. The molecule has 110 valence electrons. The molecular weight excluding hydrogens is 256 g/mol. The Balaban J connectivity index is 2.20. The van der Waals surface area contributed by atoms with Crippen molar-refractivity contribution in [2.24, 2.45) is 0 Å². The molecule has 2 rings (SSSR count). The first-order valence-corrected chi connectivity index (χ1v) is 6.98. The number of likely N-dealkylation sites (tertiary alicyclic amines) is 1. The van der Waals surface area contributed by atoms with E-state index in [2.05, 4.69) is 17.1 Å². The van der Waals surface area contributed by atoms with Crippen molar-refractivity contribution >= 4 is 11.7 Å². The van der Waals surface area contributed by atoms with Crippen LogP contribution < -0.4 is 10.1 Å². The van der Waals surface area contributed by atoms with Gasteiger partial charge in [-0.15, -0.1) is 0 Å². The molecule has 5 nitrogen and oxygen atoms in total. The number of hydrogen-bond acceptors (Lipinski definition) is 4. The maximum atomic E-state index is 11.8. The molecule has 0 spiro atoms. The molecule has 1 saturated heterocycles. The van der Waals surface area contributed by atoms with Crippen molar-refractivity contribution < 1.29 is 14.6 Å². The van der Waals surface area contributed by atoms with E-state index in [0.717, 1.165) is 25.3 Å². The van der Waals surface area contributed by atoms with E-state index in [1.165, 1.54) is 0 Å². The van der Waals surface area contributed by atoms with Crippen LogP contribution in [0.3, 0.4) is 0 Å². The Labute approximate surface area is 119 Å². The predicted molar refractivity (Wildman–Crippen MR) is 78.3 cm³/mol. The Hall–Kier alpha value is -1.75. The molecule has 1 heterocycles. The largest absolute Gasteiger partial charge is 0.495 e. The first-order chi connectivity index (χ1) is 9.61. The molecule has 1 aliphatic heterocycles. The number of carboxylic acids is 1. The number of piperidine rings is 1. The zero-order valence-electron chi connectivity index (χ0n) is 12.1. The molecule has 0 radical (unpaired) electrons. The molecule has 1 aromatic rings. The number of benzene rings is 1. The highest BCUT2D eigenvalue weighted by Gasteiger charge is 2.41. The minimum absolute atomic E-state index is 0.591. The second-order valence-electron chi connectivity index (χ2n) is 5.15. The molecule has 20 heavy (non-hydrogen) atoms. The first-order valence-electron chi connectivity index (χ1n) is 6.98. The maximum Gasteiger partial charge on any atom is 0.329 e. The van der Waals surface area contributed by atoms with Crippen LogP contribution in [0.15, 0.2) is 24.3 Å². The van der Waals surface area contributed by atoms with E-state index in [1.807, 2.05) is 24.3 Å². The average molecular weight is 278 g/mol. The van der Waals surface area contributed by atoms with Crippen LogP contribution in [-0.2, 0) is 4.79 Å². The highest BCUT2D eigenvalue weighted by molar-refractivity contribution is 5.83. The summed E-state index contributed by atoms with van der Waals surface area (Å²) in [6.45, 7) is 4.65. The maximum absolute atomic E-state index is 11.8. The highest BCUT2D eigenvalue weighted by atomic mass is 16.5. The van der Waals surface area contributed by atoms with Gasteiger partial charge in [-0.3, -0.25) is 0 Å². The monoisotopic (exact) mass is 278 g/mol. The number of carbonyl (C=O) groups is 1. The number of nitrogens with one attached hydrogen (secondary N) is 1. The molecular formula is C15H22N2O3. The van der Waals surface area contributed by atoms with Crippen molar-refractivity contribution in [2.45, 2.75) is 25.3 Å². The van der Waals surface area contributed by atoms with Crippen molar-refractivity contribution in [3.05, 3.63) is 24.3 Å². The minimum Gasteiger partial charge on any atom is -0.495 e. The fraction of sp³-hybridized carbons (Fsp3) is 0.533. The number of aliphatic carboxylic acids is 1. The number of anilines is 1. The van der Waals surface area contributed by atoms with Crippen molar-refractivity contribution in [1.29, 1.82) is 0 Å². The van der Waals surface area contributed by atoms with Crippen molar-refractivity contribution in [3.8, 4) is 5.75 Å². The number of ether oxygens (including phenoxy) is 1. The number of nitrogens with zero attached hydrogens (tertiary/aromatic N) is 1. The summed E-state index contributed by atoms with van der Waals surface area (Å²) in [7, 11) is 1.59. The number of hydrogen-bond donors (Lipinski definition) is 2. The van der Waals surface area contributed by atoms with Gasteiger partial charge in [0.25, 0.3) is 0 Å². The predicted octanol–water partition coefficient (Wildman–Crippen LogP) is 2.05. The second kappa shape index (κ2) is 6.13. The van der Waals surface area contributed by atoms with Gasteiger partial charge in [0.2, 0.25) is 0 Å². The second-order valence-corrected chi connectivity index (χ2v) is 5.15. The molecule has 1 aliphatic rings. The third-order valence-corrected chi connectivity index (χ3v) is 4.05. The van der Waals surface area contributed by atoms with Crippen LogP contribution in [-0.4, -0.2) is 48.3 Å².